The minimum atomic E-state index is -3.78. The van der Waals surface area contributed by atoms with Gasteiger partial charge < -0.3 is 10.2 Å². The van der Waals surface area contributed by atoms with Crippen molar-refractivity contribution in [2.75, 3.05) is 17.1 Å². The average Bonchev–Trinajstić information content (AvgIpc) is 2.69. The third kappa shape index (κ3) is 8.32. The Morgan fingerprint density at radius 3 is 2.09 bits per heavy atom. The zero-order valence-corrected chi connectivity index (χ0v) is 22.5. The second kappa shape index (κ2) is 10.9. The predicted octanol–water partition coefficient (Wildman–Crippen LogP) is 4.20. The maximum absolute atomic E-state index is 13.4. The van der Waals surface area contributed by atoms with E-state index in [-0.39, 0.29) is 12.5 Å². The van der Waals surface area contributed by atoms with Crippen LogP contribution >= 0.6 is 27.5 Å². The van der Waals surface area contributed by atoms with Gasteiger partial charge in [-0.25, -0.2) is 8.42 Å². The van der Waals surface area contributed by atoms with E-state index in [9.17, 15) is 18.0 Å². The first kappa shape index (κ1) is 27.1. The van der Waals surface area contributed by atoms with E-state index in [2.05, 4.69) is 21.2 Å². The number of hydrogen-bond donors (Lipinski definition) is 1. The lowest BCUT2D eigenvalue weighted by atomic mass is 10.1. The first-order valence-corrected chi connectivity index (χ1v) is 13.3. The molecule has 1 atom stereocenters. The molecule has 0 aliphatic rings. The summed E-state index contributed by atoms with van der Waals surface area (Å²) in [5.41, 5.74) is 0.629. The minimum Gasteiger partial charge on any atom is -0.350 e. The Labute approximate surface area is 209 Å². The van der Waals surface area contributed by atoms with E-state index in [0.717, 1.165) is 20.6 Å². The molecule has 1 N–H and O–H groups in total. The smallest absolute Gasteiger partial charge is 0.244 e. The zero-order chi connectivity index (χ0) is 25.0. The normalized spacial score (nSPS) is 12.7. The van der Waals surface area contributed by atoms with Gasteiger partial charge in [0.15, 0.2) is 0 Å². The van der Waals surface area contributed by atoms with Gasteiger partial charge in [-0.15, -0.1) is 0 Å². The summed E-state index contributed by atoms with van der Waals surface area (Å²) < 4.78 is 26.9. The minimum absolute atomic E-state index is 0.142. The SMILES string of the molecule is CC(C(=O)NC(C)(C)C)N(Cc1ccc(Br)cc1)C(=O)CN(c1ccc(Cl)cc1)S(C)(=O)=O. The molecule has 0 aromatic heterocycles. The fourth-order valence-electron chi connectivity index (χ4n) is 3.06. The number of anilines is 1. The molecule has 2 aromatic rings. The second-order valence-corrected chi connectivity index (χ2v) is 12.1. The molecule has 33 heavy (non-hydrogen) atoms. The van der Waals surface area contributed by atoms with Crippen LogP contribution in [0.15, 0.2) is 53.0 Å². The molecule has 0 bridgehead atoms. The van der Waals surface area contributed by atoms with Crippen molar-refractivity contribution >= 4 is 55.1 Å². The summed E-state index contributed by atoms with van der Waals surface area (Å²) >= 11 is 9.31. The standard InChI is InChI=1S/C23H29BrClN3O4S/c1-16(22(30)26-23(2,3)4)27(14-17-6-8-18(24)9-7-17)21(29)15-28(33(5,31)32)20-12-10-19(25)11-13-20/h6-13,16H,14-15H2,1-5H3,(H,26,30). The number of carbonyl (C=O) groups excluding carboxylic acids is 2. The van der Waals surface area contributed by atoms with Crippen LogP contribution in [0.25, 0.3) is 0 Å². The number of halogens is 2. The Bertz CT molecular complexity index is 1080. The van der Waals surface area contributed by atoms with E-state index in [0.29, 0.717) is 10.7 Å². The third-order valence-corrected chi connectivity index (χ3v) is 6.65. The van der Waals surface area contributed by atoms with Crippen molar-refractivity contribution in [3.63, 3.8) is 0 Å². The molecule has 2 amide bonds. The van der Waals surface area contributed by atoms with E-state index in [1.54, 1.807) is 19.1 Å². The van der Waals surface area contributed by atoms with Crippen molar-refractivity contribution in [3.05, 3.63) is 63.6 Å². The molecule has 0 fully saturated rings. The lowest BCUT2D eigenvalue weighted by Crippen LogP contribution is -2.54. The van der Waals surface area contributed by atoms with Gasteiger partial charge >= 0.3 is 0 Å². The van der Waals surface area contributed by atoms with Gasteiger partial charge in [-0.3, -0.25) is 13.9 Å². The largest absolute Gasteiger partial charge is 0.350 e. The fourth-order valence-corrected chi connectivity index (χ4v) is 4.30. The highest BCUT2D eigenvalue weighted by Crippen LogP contribution is 2.22. The highest BCUT2D eigenvalue weighted by Gasteiger charge is 2.31. The summed E-state index contributed by atoms with van der Waals surface area (Å²) in [4.78, 5) is 27.7. The number of benzene rings is 2. The van der Waals surface area contributed by atoms with E-state index in [4.69, 9.17) is 11.6 Å². The van der Waals surface area contributed by atoms with Gasteiger partial charge in [-0.05, 0) is 69.7 Å². The molecule has 2 aromatic carbocycles. The van der Waals surface area contributed by atoms with Crippen LogP contribution in [0.5, 0.6) is 0 Å². The maximum atomic E-state index is 13.4. The first-order valence-electron chi connectivity index (χ1n) is 10.3. The zero-order valence-electron chi connectivity index (χ0n) is 19.3. The fraction of sp³-hybridized carbons (Fsp3) is 0.391. The van der Waals surface area contributed by atoms with Crippen LogP contribution < -0.4 is 9.62 Å². The van der Waals surface area contributed by atoms with E-state index in [1.165, 1.54) is 17.0 Å². The Morgan fingerprint density at radius 1 is 1.06 bits per heavy atom. The molecular weight excluding hydrogens is 530 g/mol. The number of rotatable bonds is 8. The van der Waals surface area contributed by atoms with Crippen molar-refractivity contribution in [1.29, 1.82) is 0 Å². The molecule has 0 radical (unpaired) electrons. The average molecular weight is 559 g/mol. The Kier molecular flexibility index (Phi) is 8.95. The molecule has 0 aliphatic heterocycles. The lowest BCUT2D eigenvalue weighted by molar-refractivity contribution is -0.140. The number of nitrogens with one attached hydrogen (secondary N) is 1. The van der Waals surface area contributed by atoms with Crippen LogP contribution in [-0.2, 0) is 26.2 Å². The molecule has 2 rings (SSSR count). The maximum Gasteiger partial charge on any atom is 0.244 e. The number of nitrogens with zero attached hydrogens (tertiary/aromatic N) is 2. The molecular formula is C23H29BrClN3O4S. The molecule has 180 valence electrons. The van der Waals surface area contributed by atoms with Crippen LogP contribution in [0.3, 0.4) is 0 Å². The first-order chi connectivity index (χ1) is 15.2. The molecule has 0 aliphatic carbocycles. The van der Waals surface area contributed by atoms with Crippen molar-refractivity contribution in [2.45, 2.75) is 45.8 Å². The van der Waals surface area contributed by atoms with Crippen LogP contribution in [-0.4, -0.2) is 49.5 Å². The van der Waals surface area contributed by atoms with Gasteiger partial charge in [0.25, 0.3) is 0 Å². The van der Waals surface area contributed by atoms with Gasteiger partial charge in [-0.2, -0.15) is 0 Å². The van der Waals surface area contributed by atoms with E-state index >= 15 is 0 Å². The van der Waals surface area contributed by atoms with Crippen molar-refractivity contribution < 1.29 is 18.0 Å². The monoisotopic (exact) mass is 557 g/mol. The number of sulfonamides is 1. The summed E-state index contributed by atoms with van der Waals surface area (Å²) in [6.07, 6.45) is 1.03. The van der Waals surface area contributed by atoms with Gasteiger partial charge in [0.2, 0.25) is 21.8 Å². The van der Waals surface area contributed by atoms with E-state index < -0.39 is 34.1 Å². The van der Waals surface area contributed by atoms with Gasteiger partial charge in [-0.1, -0.05) is 39.7 Å². The second-order valence-electron chi connectivity index (χ2n) is 8.81. The third-order valence-electron chi connectivity index (χ3n) is 4.73. The lowest BCUT2D eigenvalue weighted by Gasteiger charge is -2.33. The highest BCUT2D eigenvalue weighted by atomic mass is 79.9. The van der Waals surface area contributed by atoms with Crippen molar-refractivity contribution in [2.24, 2.45) is 0 Å². The van der Waals surface area contributed by atoms with Crippen LogP contribution in [0, 0.1) is 0 Å². The summed E-state index contributed by atoms with van der Waals surface area (Å²) in [6.45, 7) is 6.87. The van der Waals surface area contributed by atoms with Crippen molar-refractivity contribution in [1.82, 2.24) is 10.2 Å². The molecule has 0 saturated carbocycles. The number of amides is 2. The summed E-state index contributed by atoms with van der Waals surface area (Å²) in [7, 11) is -3.78. The molecule has 1 unspecified atom stereocenters. The molecule has 0 saturated heterocycles. The number of carbonyl (C=O) groups is 2. The predicted molar refractivity (Wildman–Crippen MR) is 136 cm³/mol. The van der Waals surface area contributed by atoms with E-state index in [1.807, 2.05) is 45.0 Å². The highest BCUT2D eigenvalue weighted by molar-refractivity contribution is 9.10. The van der Waals surface area contributed by atoms with Crippen molar-refractivity contribution in [3.8, 4) is 0 Å². The molecule has 0 heterocycles. The van der Waals surface area contributed by atoms with Crippen LogP contribution in [0.1, 0.15) is 33.3 Å². The molecule has 7 nitrogen and oxygen atoms in total. The quantitative estimate of drug-likeness (QED) is 0.526. The van der Waals surface area contributed by atoms with Crippen LogP contribution in [0.2, 0.25) is 5.02 Å². The molecule has 0 spiro atoms. The molecule has 10 heteroatoms. The van der Waals surface area contributed by atoms with Gasteiger partial charge in [0.05, 0.1) is 11.9 Å². The summed E-state index contributed by atoms with van der Waals surface area (Å²) in [5, 5.41) is 3.33. The summed E-state index contributed by atoms with van der Waals surface area (Å²) in [6, 6.07) is 12.7. The summed E-state index contributed by atoms with van der Waals surface area (Å²) in [5.74, 6) is -0.833. The Hall–Kier alpha value is -2.10. The Balaban J connectivity index is 2.38. The Morgan fingerprint density at radius 2 is 1.61 bits per heavy atom. The van der Waals surface area contributed by atoms with Crippen LogP contribution in [0.4, 0.5) is 5.69 Å². The van der Waals surface area contributed by atoms with Gasteiger partial charge in [0, 0.05) is 21.6 Å². The van der Waals surface area contributed by atoms with Gasteiger partial charge in [0.1, 0.15) is 12.6 Å². The number of hydrogen-bond acceptors (Lipinski definition) is 4. The topological polar surface area (TPSA) is 86.8 Å².